The number of benzene rings is 1. The number of carbonyl (C=O) groups is 4. The molecule has 2 heterocycles. The topological polar surface area (TPSA) is 117 Å². The van der Waals surface area contributed by atoms with Crippen LogP contribution in [0.2, 0.25) is 0 Å². The molecule has 10 nitrogen and oxygen atoms in total. The van der Waals surface area contributed by atoms with Gasteiger partial charge in [0.2, 0.25) is 18.6 Å². The number of amides is 5. The predicted molar refractivity (Wildman–Crippen MR) is 99.0 cm³/mol. The fraction of sp³-hybridized carbons (Fsp3) is 0.474. The number of ether oxygens (including phenoxy) is 2. The third-order valence-corrected chi connectivity index (χ3v) is 5.27. The summed E-state index contributed by atoms with van der Waals surface area (Å²) in [5.74, 6) is -0.264. The van der Waals surface area contributed by atoms with Gasteiger partial charge in [0.25, 0.3) is 5.91 Å². The average Bonchev–Trinajstić information content (AvgIpc) is 3.30. The minimum atomic E-state index is -1.33. The summed E-state index contributed by atoms with van der Waals surface area (Å²) < 4.78 is 10.6. The van der Waals surface area contributed by atoms with E-state index in [4.69, 9.17) is 9.47 Å². The Morgan fingerprint density at radius 1 is 1.28 bits per heavy atom. The van der Waals surface area contributed by atoms with Crippen LogP contribution in [0.5, 0.6) is 11.5 Å². The van der Waals surface area contributed by atoms with Gasteiger partial charge in [-0.05, 0) is 37.5 Å². The normalized spacial score (nSPS) is 22.5. The van der Waals surface area contributed by atoms with Crippen molar-refractivity contribution in [1.82, 2.24) is 20.4 Å². The van der Waals surface area contributed by atoms with E-state index >= 15 is 0 Å². The number of likely N-dealkylation sites (N-methyl/N-ethyl adjacent to an activating group) is 1. The molecule has 0 spiro atoms. The molecule has 1 atom stereocenters. The number of carbonyl (C=O) groups excluding carboxylic acids is 4. The lowest BCUT2D eigenvalue weighted by Gasteiger charge is -2.23. The van der Waals surface area contributed by atoms with Crippen molar-refractivity contribution >= 4 is 23.8 Å². The van der Waals surface area contributed by atoms with Gasteiger partial charge in [0, 0.05) is 13.1 Å². The minimum absolute atomic E-state index is 0.0943. The molecule has 154 valence electrons. The molecule has 1 aliphatic carbocycles. The zero-order valence-corrected chi connectivity index (χ0v) is 16.2. The average molecular weight is 402 g/mol. The van der Waals surface area contributed by atoms with Crippen molar-refractivity contribution in [1.29, 1.82) is 0 Å². The highest BCUT2D eigenvalue weighted by Crippen LogP contribution is 2.37. The van der Waals surface area contributed by atoms with Crippen molar-refractivity contribution in [3.63, 3.8) is 0 Å². The maximum absolute atomic E-state index is 13.0. The van der Waals surface area contributed by atoms with Gasteiger partial charge in [-0.1, -0.05) is 6.07 Å². The number of nitrogens with zero attached hydrogens (tertiary/aromatic N) is 2. The van der Waals surface area contributed by atoms with Gasteiger partial charge >= 0.3 is 6.03 Å². The summed E-state index contributed by atoms with van der Waals surface area (Å²) in [4.78, 5) is 51.8. The van der Waals surface area contributed by atoms with Crippen molar-refractivity contribution in [3.05, 3.63) is 23.8 Å². The summed E-state index contributed by atoms with van der Waals surface area (Å²) in [5.41, 5.74) is -0.813. The minimum Gasteiger partial charge on any atom is -0.454 e. The summed E-state index contributed by atoms with van der Waals surface area (Å²) in [5, 5.41) is 5.44. The van der Waals surface area contributed by atoms with E-state index in [-0.39, 0.29) is 25.3 Å². The van der Waals surface area contributed by atoms with Crippen molar-refractivity contribution < 1.29 is 28.7 Å². The molecule has 0 radical (unpaired) electrons. The maximum atomic E-state index is 13.0. The summed E-state index contributed by atoms with van der Waals surface area (Å²) in [6.07, 6.45) is 1.90. The van der Waals surface area contributed by atoms with Crippen molar-refractivity contribution in [2.24, 2.45) is 0 Å². The van der Waals surface area contributed by atoms with Gasteiger partial charge in [-0.15, -0.1) is 0 Å². The van der Waals surface area contributed by atoms with E-state index in [9.17, 15) is 19.2 Å². The van der Waals surface area contributed by atoms with Gasteiger partial charge in [-0.3, -0.25) is 19.3 Å². The Kier molecular flexibility index (Phi) is 4.56. The van der Waals surface area contributed by atoms with Gasteiger partial charge in [0.1, 0.15) is 12.1 Å². The third kappa shape index (κ3) is 3.57. The molecule has 2 aliphatic heterocycles. The van der Waals surface area contributed by atoms with Crippen LogP contribution in [0.15, 0.2) is 18.2 Å². The molecule has 1 saturated carbocycles. The van der Waals surface area contributed by atoms with Gasteiger partial charge < -0.3 is 25.0 Å². The Hall–Kier alpha value is -3.30. The third-order valence-electron chi connectivity index (χ3n) is 5.27. The Bertz CT molecular complexity index is 899. The van der Waals surface area contributed by atoms with Crippen LogP contribution in [-0.4, -0.2) is 66.5 Å². The second-order valence-corrected chi connectivity index (χ2v) is 7.61. The molecule has 5 amide bonds. The molecule has 2 N–H and O–H groups in total. The first-order valence-electron chi connectivity index (χ1n) is 9.35. The predicted octanol–water partition coefficient (Wildman–Crippen LogP) is -0.0807. The Morgan fingerprint density at radius 2 is 2.00 bits per heavy atom. The molecule has 4 rings (SSSR count). The fourth-order valence-electron chi connectivity index (χ4n) is 3.30. The number of hydrogen-bond donors (Lipinski definition) is 2. The Balaban J connectivity index is 1.43. The zero-order valence-electron chi connectivity index (χ0n) is 16.2. The quantitative estimate of drug-likeness (QED) is 0.643. The molecule has 3 aliphatic rings. The first-order chi connectivity index (χ1) is 13.8. The molecule has 2 fully saturated rings. The lowest BCUT2D eigenvalue weighted by atomic mass is 9.91. The molecule has 1 saturated heterocycles. The highest BCUT2D eigenvalue weighted by molar-refractivity contribution is 6.09. The van der Waals surface area contributed by atoms with Crippen LogP contribution >= 0.6 is 0 Å². The molecule has 10 heteroatoms. The van der Waals surface area contributed by atoms with E-state index in [2.05, 4.69) is 10.6 Å². The van der Waals surface area contributed by atoms with Gasteiger partial charge in [0.05, 0.1) is 6.54 Å². The van der Waals surface area contributed by atoms with Crippen molar-refractivity contribution in [2.45, 2.75) is 31.3 Å². The molecule has 1 aromatic carbocycles. The van der Waals surface area contributed by atoms with E-state index in [1.165, 1.54) is 11.9 Å². The fourth-order valence-corrected chi connectivity index (χ4v) is 3.30. The molecule has 0 bridgehead atoms. The van der Waals surface area contributed by atoms with Gasteiger partial charge in [-0.25, -0.2) is 4.79 Å². The zero-order chi connectivity index (χ0) is 20.8. The van der Waals surface area contributed by atoms with Crippen LogP contribution in [0.4, 0.5) is 4.79 Å². The second kappa shape index (κ2) is 6.94. The number of imide groups is 1. The molecular formula is C19H22N4O6. The van der Waals surface area contributed by atoms with Gasteiger partial charge in [0.15, 0.2) is 11.5 Å². The number of rotatable bonds is 6. The molecule has 0 aromatic heterocycles. The second-order valence-electron chi connectivity index (χ2n) is 7.61. The van der Waals surface area contributed by atoms with E-state index in [0.29, 0.717) is 17.1 Å². The number of urea groups is 1. The smallest absolute Gasteiger partial charge is 0.325 e. The highest BCUT2D eigenvalue weighted by atomic mass is 16.7. The van der Waals surface area contributed by atoms with Crippen molar-refractivity contribution in [3.8, 4) is 11.5 Å². The number of fused-ring (bicyclic) bond motifs is 1. The highest BCUT2D eigenvalue weighted by Gasteiger charge is 2.50. The summed E-state index contributed by atoms with van der Waals surface area (Å²) in [7, 11) is 1.46. The lowest BCUT2D eigenvalue weighted by molar-refractivity contribution is -0.139. The first-order valence-corrected chi connectivity index (χ1v) is 9.35. The molecular weight excluding hydrogens is 380 g/mol. The SMILES string of the molecule is CN(CC(=O)NC1CC1)C(=O)CN1C(=O)N[C@@](C)(c2ccc3c(c2)OCO3)C1=O. The summed E-state index contributed by atoms with van der Waals surface area (Å²) in [6, 6.07) is 4.51. The van der Waals surface area contributed by atoms with Crippen molar-refractivity contribution in [2.75, 3.05) is 26.9 Å². The first kappa shape index (κ1) is 19.0. The van der Waals surface area contributed by atoms with E-state index in [1.54, 1.807) is 25.1 Å². The van der Waals surface area contributed by atoms with Crippen LogP contribution in [0.3, 0.4) is 0 Å². The van der Waals surface area contributed by atoms with Crippen LogP contribution in [-0.2, 0) is 19.9 Å². The van der Waals surface area contributed by atoms with E-state index in [0.717, 1.165) is 17.7 Å². The maximum Gasteiger partial charge on any atom is 0.325 e. The molecule has 1 aromatic rings. The molecule has 0 unspecified atom stereocenters. The summed E-state index contributed by atoms with van der Waals surface area (Å²) >= 11 is 0. The van der Waals surface area contributed by atoms with E-state index < -0.39 is 29.9 Å². The number of hydrogen-bond acceptors (Lipinski definition) is 6. The number of nitrogens with one attached hydrogen (secondary N) is 2. The monoisotopic (exact) mass is 402 g/mol. The largest absolute Gasteiger partial charge is 0.454 e. The van der Waals surface area contributed by atoms with Crippen LogP contribution < -0.4 is 20.1 Å². The van der Waals surface area contributed by atoms with Crippen LogP contribution in [0, 0.1) is 0 Å². The Labute approximate surface area is 167 Å². The molecule has 29 heavy (non-hydrogen) atoms. The Morgan fingerprint density at radius 3 is 2.72 bits per heavy atom. The van der Waals surface area contributed by atoms with Crippen LogP contribution in [0.1, 0.15) is 25.3 Å². The van der Waals surface area contributed by atoms with Gasteiger partial charge in [-0.2, -0.15) is 0 Å². The standard InChI is InChI=1S/C19H22N4O6/c1-19(11-3-6-13-14(7-11)29-10-28-13)17(26)23(18(27)21-19)9-16(25)22(2)8-15(24)20-12-4-5-12/h3,6-7,12H,4-5,8-10H2,1-2H3,(H,20,24)(H,21,27)/t19-/m0/s1. The van der Waals surface area contributed by atoms with E-state index in [1.807, 2.05) is 0 Å². The van der Waals surface area contributed by atoms with Crippen LogP contribution in [0.25, 0.3) is 0 Å². The lowest BCUT2D eigenvalue weighted by Crippen LogP contribution is -2.46. The summed E-state index contributed by atoms with van der Waals surface area (Å²) in [6.45, 7) is 1.09.